The third-order valence-corrected chi connectivity index (χ3v) is 4.91. The highest BCUT2D eigenvalue weighted by atomic mass is 32.2. The van der Waals surface area contributed by atoms with Gasteiger partial charge in [-0.05, 0) is 19.9 Å². The van der Waals surface area contributed by atoms with E-state index in [0.717, 1.165) is 6.42 Å². The first kappa shape index (κ1) is 11.5. The van der Waals surface area contributed by atoms with E-state index in [1.165, 1.54) is 6.26 Å². The molecule has 82 valence electrons. The number of ether oxygens (including phenoxy) is 1. The Bertz CT molecular complexity index is 343. The maximum Gasteiger partial charge on any atom is 0.154 e. The summed E-state index contributed by atoms with van der Waals surface area (Å²) >= 11 is 0. The molecule has 4 nitrogen and oxygen atoms in total. The van der Waals surface area contributed by atoms with Crippen molar-refractivity contribution >= 4 is 9.84 Å². The number of nitrogens with two attached hydrogens (primary N) is 1. The van der Waals surface area contributed by atoms with Crippen LogP contribution in [0.15, 0.2) is 11.8 Å². The first-order chi connectivity index (χ1) is 6.27. The largest absolute Gasteiger partial charge is 0.496 e. The second-order valence-corrected chi connectivity index (χ2v) is 6.69. The van der Waals surface area contributed by atoms with Crippen molar-refractivity contribution in [2.24, 2.45) is 5.73 Å². The molecule has 0 saturated heterocycles. The molecule has 0 fully saturated rings. The lowest BCUT2D eigenvalue weighted by Gasteiger charge is -2.29. The topological polar surface area (TPSA) is 69.4 Å². The molecule has 1 unspecified atom stereocenters. The highest BCUT2D eigenvalue weighted by Crippen LogP contribution is 2.26. The molecule has 0 aromatic carbocycles. The summed E-state index contributed by atoms with van der Waals surface area (Å²) in [4.78, 5) is 0. The van der Waals surface area contributed by atoms with Crippen LogP contribution in [0.5, 0.6) is 0 Å². The van der Waals surface area contributed by atoms with Crippen molar-refractivity contribution in [3.8, 4) is 0 Å². The molecular formula is C9H17NO3S. The number of hydrogen-bond acceptors (Lipinski definition) is 4. The molecule has 0 amide bonds. The Kier molecular flexibility index (Phi) is 2.92. The SMILES string of the molecule is CC(C)(C(N)C1=CCCO1)S(C)(=O)=O. The van der Waals surface area contributed by atoms with Crippen LogP contribution in [0.25, 0.3) is 0 Å². The fraction of sp³-hybridized carbons (Fsp3) is 0.778. The third kappa shape index (κ3) is 1.93. The zero-order valence-electron chi connectivity index (χ0n) is 8.78. The van der Waals surface area contributed by atoms with E-state index in [9.17, 15) is 8.42 Å². The zero-order chi connectivity index (χ0) is 11.0. The van der Waals surface area contributed by atoms with Gasteiger partial charge in [0.15, 0.2) is 9.84 Å². The van der Waals surface area contributed by atoms with E-state index >= 15 is 0 Å². The van der Waals surface area contributed by atoms with Crippen LogP contribution in [0, 0.1) is 0 Å². The van der Waals surface area contributed by atoms with Gasteiger partial charge in [0.1, 0.15) is 5.76 Å². The lowest BCUT2D eigenvalue weighted by atomic mass is 10.0. The van der Waals surface area contributed by atoms with Crippen LogP contribution in [0.4, 0.5) is 0 Å². The van der Waals surface area contributed by atoms with E-state index in [1.54, 1.807) is 13.8 Å². The van der Waals surface area contributed by atoms with E-state index < -0.39 is 20.6 Å². The Balaban J connectivity index is 2.93. The minimum absolute atomic E-state index is 0.583. The van der Waals surface area contributed by atoms with Gasteiger partial charge in [0.25, 0.3) is 0 Å². The first-order valence-corrected chi connectivity index (χ1v) is 6.44. The zero-order valence-corrected chi connectivity index (χ0v) is 9.60. The average molecular weight is 219 g/mol. The monoisotopic (exact) mass is 219 g/mol. The molecule has 0 aliphatic carbocycles. The van der Waals surface area contributed by atoms with Gasteiger partial charge in [0.05, 0.1) is 17.4 Å². The molecule has 1 aliphatic rings. The summed E-state index contributed by atoms with van der Waals surface area (Å²) < 4.78 is 27.3. The maximum atomic E-state index is 11.5. The van der Waals surface area contributed by atoms with Crippen molar-refractivity contribution in [2.75, 3.05) is 12.9 Å². The van der Waals surface area contributed by atoms with Crippen molar-refractivity contribution < 1.29 is 13.2 Å². The normalized spacial score (nSPS) is 20.1. The van der Waals surface area contributed by atoms with Crippen LogP contribution in [-0.2, 0) is 14.6 Å². The smallest absolute Gasteiger partial charge is 0.154 e. The van der Waals surface area contributed by atoms with Gasteiger partial charge in [-0.2, -0.15) is 0 Å². The quantitative estimate of drug-likeness (QED) is 0.748. The molecule has 0 spiro atoms. The second kappa shape index (κ2) is 3.55. The predicted molar refractivity (Wildman–Crippen MR) is 55.6 cm³/mol. The minimum atomic E-state index is -3.18. The van der Waals surface area contributed by atoms with E-state index in [1.807, 2.05) is 6.08 Å². The Labute approximate surface area is 85.0 Å². The molecule has 1 heterocycles. The van der Waals surface area contributed by atoms with Gasteiger partial charge < -0.3 is 10.5 Å². The van der Waals surface area contributed by atoms with Crippen LogP contribution in [0.2, 0.25) is 0 Å². The fourth-order valence-corrected chi connectivity index (χ4v) is 1.80. The molecule has 5 heteroatoms. The average Bonchev–Trinajstić information content (AvgIpc) is 2.52. The molecule has 1 rings (SSSR count). The highest BCUT2D eigenvalue weighted by molar-refractivity contribution is 7.92. The summed E-state index contributed by atoms with van der Waals surface area (Å²) in [5.41, 5.74) is 5.87. The molecule has 0 radical (unpaired) electrons. The van der Waals surface area contributed by atoms with Crippen LogP contribution >= 0.6 is 0 Å². The molecule has 1 atom stereocenters. The van der Waals surface area contributed by atoms with E-state index in [2.05, 4.69) is 0 Å². The molecular weight excluding hydrogens is 202 g/mol. The van der Waals surface area contributed by atoms with Gasteiger partial charge >= 0.3 is 0 Å². The highest BCUT2D eigenvalue weighted by Gasteiger charge is 2.40. The number of sulfone groups is 1. The maximum absolute atomic E-state index is 11.5. The standard InChI is InChI=1S/C9H17NO3S/c1-9(2,14(3,11)12)8(10)7-5-4-6-13-7/h5,8H,4,6,10H2,1-3H3. The summed E-state index contributed by atoms with van der Waals surface area (Å²) in [6.45, 7) is 3.84. The first-order valence-electron chi connectivity index (χ1n) is 4.55. The van der Waals surface area contributed by atoms with E-state index in [-0.39, 0.29) is 0 Å². The molecule has 1 aliphatic heterocycles. The summed E-state index contributed by atoms with van der Waals surface area (Å²) in [6.07, 6.45) is 3.86. The van der Waals surface area contributed by atoms with Gasteiger partial charge in [-0.3, -0.25) is 0 Å². The summed E-state index contributed by atoms with van der Waals surface area (Å²) in [5.74, 6) is 0.598. The Morgan fingerprint density at radius 1 is 1.57 bits per heavy atom. The molecule has 0 saturated carbocycles. The van der Waals surface area contributed by atoms with Crippen LogP contribution in [0.3, 0.4) is 0 Å². The Morgan fingerprint density at radius 3 is 2.50 bits per heavy atom. The van der Waals surface area contributed by atoms with Crippen LogP contribution < -0.4 is 5.73 Å². The Hall–Kier alpha value is -0.550. The lowest BCUT2D eigenvalue weighted by molar-refractivity contribution is 0.215. The van der Waals surface area contributed by atoms with Crippen molar-refractivity contribution in [2.45, 2.75) is 31.1 Å². The summed E-state index contributed by atoms with van der Waals surface area (Å²) in [6, 6.07) is -0.583. The van der Waals surface area contributed by atoms with E-state index in [4.69, 9.17) is 10.5 Å². The molecule has 2 N–H and O–H groups in total. The van der Waals surface area contributed by atoms with Gasteiger partial charge in [-0.15, -0.1) is 0 Å². The number of hydrogen-bond donors (Lipinski definition) is 1. The van der Waals surface area contributed by atoms with Crippen LogP contribution in [0.1, 0.15) is 20.3 Å². The molecule has 0 bridgehead atoms. The van der Waals surface area contributed by atoms with Crippen molar-refractivity contribution in [1.29, 1.82) is 0 Å². The number of rotatable bonds is 3. The van der Waals surface area contributed by atoms with Crippen molar-refractivity contribution in [1.82, 2.24) is 0 Å². The third-order valence-electron chi connectivity index (χ3n) is 2.74. The molecule has 0 aromatic heterocycles. The summed E-state index contributed by atoms with van der Waals surface area (Å²) in [5, 5.41) is 0. The fourth-order valence-electron chi connectivity index (χ4n) is 1.23. The van der Waals surface area contributed by atoms with Gasteiger partial charge in [0, 0.05) is 12.7 Å². The lowest BCUT2D eigenvalue weighted by Crippen LogP contribution is -2.49. The Morgan fingerprint density at radius 2 is 2.14 bits per heavy atom. The van der Waals surface area contributed by atoms with Crippen LogP contribution in [-0.4, -0.2) is 32.1 Å². The van der Waals surface area contributed by atoms with Gasteiger partial charge in [0.2, 0.25) is 0 Å². The molecule has 0 aromatic rings. The predicted octanol–water partition coefficient (Wildman–Crippen LogP) is 0.441. The second-order valence-electron chi connectivity index (χ2n) is 4.10. The van der Waals surface area contributed by atoms with Gasteiger partial charge in [-0.25, -0.2) is 8.42 Å². The molecule has 14 heavy (non-hydrogen) atoms. The van der Waals surface area contributed by atoms with Crippen molar-refractivity contribution in [3.63, 3.8) is 0 Å². The summed E-state index contributed by atoms with van der Waals surface area (Å²) in [7, 11) is -3.18. The minimum Gasteiger partial charge on any atom is -0.496 e. The van der Waals surface area contributed by atoms with Gasteiger partial charge in [-0.1, -0.05) is 0 Å². The van der Waals surface area contributed by atoms with Crippen molar-refractivity contribution in [3.05, 3.63) is 11.8 Å². The van der Waals surface area contributed by atoms with E-state index in [0.29, 0.717) is 12.4 Å².